The Hall–Kier alpha value is -2.99. The van der Waals surface area contributed by atoms with Crippen LogP contribution in [-0.4, -0.2) is 25.8 Å². The van der Waals surface area contributed by atoms with Crippen molar-refractivity contribution >= 4 is 32.8 Å². The van der Waals surface area contributed by atoms with Gasteiger partial charge in [0.15, 0.2) is 0 Å². The summed E-state index contributed by atoms with van der Waals surface area (Å²) < 4.78 is 2.69. The van der Waals surface area contributed by atoms with Crippen molar-refractivity contribution in [2.45, 2.75) is 26.7 Å². The van der Waals surface area contributed by atoms with E-state index in [0.717, 1.165) is 34.3 Å². The lowest BCUT2D eigenvalue weighted by Gasteiger charge is -2.09. The first-order valence-electron chi connectivity index (χ1n) is 9.46. The molecule has 0 aliphatic carbocycles. The van der Waals surface area contributed by atoms with Crippen LogP contribution in [0, 0.1) is 6.92 Å². The average molecular weight is 450 g/mol. The van der Waals surface area contributed by atoms with Gasteiger partial charge in [-0.3, -0.25) is 0 Å². The van der Waals surface area contributed by atoms with Crippen molar-refractivity contribution in [1.29, 1.82) is 0 Å². The number of carboxylic acids is 1. The number of halogens is 1. The van der Waals surface area contributed by atoms with Gasteiger partial charge in [0.25, 0.3) is 0 Å². The van der Waals surface area contributed by atoms with E-state index in [-0.39, 0.29) is 5.56 Å². The van der Waals surface area contributed by atoms with E-state index in [9.17, 15) is 9.90 Å². The zero-order valence-corrected chi connectivity index (χ0v) is 17.8. The van der Waals surface area contributed by atoms with Crippen LogP contribution in [0.3, 0.4) is 0 Å². The number of carbonyl (C=O) groups is 1. The van der Waals surface area contributed by atoms with E-state index in [1.54, 1.807) is 18.3 Å². The molecule has 0 radical (unpaired) electrons. The zero-order chi connectivity index (χ0) is 20.5. The number of hydrogen-bond donors (Lipinski definition) is 1. The van der Waals surface area contributed by atoms with E-state index >= 15 is 0 Å². The SMILES string of the molecule is CCCc1cccc(-n2ncc(-c3cc(C(=O)O)c4cc(Br)ccc4n3)c2C)c1. The number of aryl methyl sites for hydroxylation is 1. The topological polar surface area (TPSA) is 68.0 Å². The third kappa shape index (κ3) is 3.68. The molecule has 0 unspecified atom stereocenters. The highest BCUT2D eigenvalue weighted by molar-refractivity contribution is 9.10. The monoisotopic (exact) mass is 449 g/mol. The molecule has 0 bridgehead atoms. The maximum atomic E-state index is 11.9. The number of rotatable bonds is 5. The van der Waals surface area contributed by atoms with Gasteiger partial charge < -0.3 is 5.11 Å². The van der Waals surface area contributed by atoms with Crippen LogP contribution >= 0.6 is 15.9 Å². The fraction of sp³-hybridized carbons (Fsp3) is 0.174. The molecule has 0 fully saturated rings. The molecule has 146 valence electrons. The van der Waals surface area contributed by atoms with Crippen molar-refractivity contribution in [3.63, 3.8) is 0 Å². The van der Waals surface area contributed by atoms with Crippen molar-refractivity contribution < 1.29 is 9.90 Å². The number of aromatic nitrogens is 3. The summed E-state index contributed by atoms with van der Waals surface area (Å²) in [5.41, 5.74) is 5.46. The fourth-order valence-electron chi connectivity index (χ4n) is 3.57. The maximum Gasteiger partial charge on any atom is 0.336 e. The van der Waals surface area contributed by atoms with E-state index in [2.05, 4.69) is 40.1 Å². The van der Waals surface area contributed by atoms with Crippen LogP contribution in [0.15, 0.2) is 59.2 Å². The lowest BCUT2D eigenvalue weighted by atomic mass is 10.0. The lowest BCUT2D eigenvalue weighted by molar-refractivity contribution is 0.0699. The third-order valence-corrected chi connectivity index (χ3v) is 5.47. The molecule has 29 heavy (non-hydrogen) atoms. The largest absolute Gasteiger partial charge is 0.478 e. The molecular weight excluding hydrogens is 430 g/mol. The molecule has 0 atom stereocenters. The summed E-state index contributed by atoms with van der Waals surface area (Å²) in [5.74, 6) is -0.978. The van der Waals surface area contributed by atoms with Crippen LogP contribution in [0.25, 0.3) is 27.8 Å². The van der Waals surface area contributed by atoms with Crippen LogP contribution in [-0.2, 0) is 6.42 Å². The first kappa shape index (κ1) is 19.3. The van der Waals surface area contributed by atoms with Crippen LogP contribution in [0.5, 0.6) is 0 Å². The Kier molecular flexibility index (Phi) is 5.20. The molecule has 0 saturated heterocycles. The second-order valence-corrected chi connectivity index (χ2v) is 7.91. The van der Waals surface area contributed by atoms with Crippen molar-refractivity contribution in [2.24, 2.45) is 0 Å². The molecule has 0 spiro atoms. The zero-order valence-electron chi connectivity index (χ0n) is 16.2. The van der Waals surface area contributed by atoms with Crippen LogP contribution in [0.1, 0.15) is 35.0 Å². The fourth-order valence-corrected chi connectivity index (χ4v) is 3.93. The normalized spacial score (nSPS) is 11.1. The summed E-state index contributed by atoms with van der Waals surface area (Å²) >= 11 is 3.40. The Balaban J connectivity index is 1.84. The minimum absolute atomic E-state index is 0.225. The summed E-state index contributed by atoms with van der Waals surface area (Å²) in [5, 5.41) is 14.9. The number of pyridine rings is 1. The second-order valence-electron chi connectivity index (χ2n) is 7.00. The minimum atomic E-state index is -0.978. The summed E-state index contributed by atoms with van der Waals surface area (Å²) in [4.78, 5) is 16.6. The van der Waals surface area contributed by atoms with Crippen molar-refractivity contribution in [3.05, 3.63) is 76.0 Å². The van der Waals surface area contributed by atoms with E-state index < -0.39 is 5.97 Å². The van der Waals surface area contributed by atoms with Crippen LogP contribution in [0.4, 0.5) is 0 Å². The van der Waals surface area contributed by atoms with Gasteiger partial charge in [-0.2, -0.15) is 5.10 Å². The van der Waals surface area contributed by atoms with E-state index in [0.29, 0.717) is 16.6 Å². The van der Waals surface area contributed by atoms with E-state index in [1.807, 2.05) is 35.9 Å². The standard InChI is InChI=1S/C23H20BrN3O2/c1-3-5-15-6-4-7-17(10-15)27-14(2)20(13-25-27)22-12-19(23(28)29)18-11-16(24)8-9-21(18)26-22/h4,6-13H,3,5H2,1-2H3,(H,28,29). The maximum absolute atomic E-state index is 11.9. The Morgan fingerprint density at radius 1 is 1.17 bits per heavy atom. The predicted octanol–water partition coefficient (Wildman–Crippen LogP) is 5.81. The molecule has 0 aliphatic heterocycles. The smallest absolute Gasteiger partial charge is 0.336 e. The minimum Gasteiger partial charge on any atom is -0.478 e. The number of fused-ring (bicyclic) bond motifs is 1. The first-order chi connectivity index (χ1) is 14.0. The van der Waals surface area contributed by atoms with Gasteiger partial charge in [0.05, 0.1) is 34.4 Å². The first-order valence-corrected chi connectivity index (χ1v) is 10.2. The van der Waals surface area contributed by atoms with Gasteiger partial charge in [-0.1, -0.05) is 41.4 Å². The number of carboxylic acid groups (broad SMARTS) is 1. The van der Waals surface area contributed by atoms with Gasteiger partial charge in [0, 0.05) is 15.4 Å². The third-order valence-electron chi connectivity index (χ3n) is 4.98. The molecule has 5 nitrogen and oxygen atoms in total. The molecule has 0 amide bonds. The summed E-state index contributed by atoms with van der Waals surface area (Å²) in [7, 11) is 0. The van der Waals surface area contributed by atoms with Crippen LogP contribution < -0.4 is 0 Å². The highest BCUT2D eigenvalue weighted by atomic mass is 79.9. The highest BCUT2D eigenvalue weighted by Gasteiger charge is 2.17. The Labute approximate surface area is 177 Å². The Morgan fingerprint density at radius 3 is 2.76 bits per heavy atom. The van der Waals surface area contributed by atoms with Crippen molar-refractivity contribution in [3.8, 4) is 16.9 Å². The number of hydrogen-bond acceptors (Lipinski definition) is 3. The summed E-state index contributed by atoms with van der Waals surface area (Å²) in [6, 6.07) is 15.4. The van der Waals surface area contributed by atoms with Gasteiger partial charge in [-0.25, -0.2) is 14.5 Å². The van der Waals surface area contributed by atoms with Crippen LogP contribution in [0.2, 0.25) is 0 Å². The molecule has 1 N–H and O–H groups in total. The summed E-state index contributed by atoms with van der Waals surface area (Å²) in [6.45, 7) is 4.14. The molecule has 4 aromatic rings. The number of benzene rings is 2. The van der Waals surface area contributed by atoms with Gasteiger partial charge in [-0.05, 0) is 55.3 Å². The Bertz CT molecular complexity index is 1230. The summed E-state index contributed by atoms with van der Waals surface area (Å²) in [6.07, 6.45) is 3.85. The number of nitrogens with zero attached hydrogens (tertiary/aromatic N) is 3. The van der Waals surface area contributed by atoms with Crippen molar-refractivity contribution in [1.82, 2.24) is 14.8 Å². The molecule has 0 saturated carbocycles. The molecule has 2 heterocycles. The van der Waals surface area contributed by atoms with Gasteiger partial charge >= 0.3 is 5.97 Å². The predicted molar refractivity (Wildman–Crippen MR) is 118 cm³/mol. The molecule has 6 heteroatoms. The quantitative estimate of drug-likeness (QED) is 0.417. The molecule has 2 aromatic carbocycles. The average Bonchev–Trinajstić information content (AvgIpc) is 3.09. The second kappa shape index (κ2) is 7.79. The van der Waals surface area contributed by atoms with E-state index in [4.69, 9.17) is 4.98 Å². The lowest BCUT2D eigenvalue weighted by Crippen LogP contribution is -2.02. The van der Waals surface area contributed by atoms with Gasteiger partial charge in [-0.15, -0.1) is 0 Å². The van der Waals surface area contributed by atoms with Gasteiger partial charge in [0.1, 0.15) is 0 Å². The highest BCUT2D eigenvalue weighted by Crippen LogP contribution is 2.29. The Morgan fingerprint density at radius 2 is 2.00 bits per heavy atom. The van der Waals surface area contributed by atoms with Crippen molar-refractivity contribution in [2.75, 3.05) is 0 Å². The van der Waals surface area contributed by atoms with E-state index in [1.165, 1.54) is 5.56 Å². The number of aromatic carboxylic acids is 1. The van der Waals surface area contributed by atoms with Gasteiger partial charge in [0.2, 0.25) is 0 Å². The molecule has 4 rings (SSSR count). The molecule has 2 aromatic heterocycles. The molecule has 0 aliphatic rings. The molecular formula is C23H20BrN3O2.